The van der Waals surface area contributed by atoms with Crippen molar-refractivity contribution in [2.75, 3.05) is 0 Å². The molecule has 4 aromatic carbocycles. The van der Waals surface area contributed by atoms with E-state index in [0.717, 1.165) is 11.1 Å². The van der Waals surface area contributed by atoms with Crippen molar-refractivity contribution < 1.29 is 9.18 Å². The van der Waals surface area contributed by atoms with Gasteiger partial charge in [0.2, 0.25) is 0 Å². The van der Waals surface area contributed by atoms with Crippen molar-refractivity contribution >= 4 is 16.8 Å². The van der Waals surface area contributed by atoms with Crippen LogP contribution >= 0.6 is 0 Å². The van der Waals surface area contributed by atoms with Crippen LogP contribution in [0.3, 0.4) is 0 Å². The fourth-order valence-electron chi connectivity index (χ4n) is 4.44. The van der Waals surface area contributed by atoms with E-state index in [4.69, 9.17) is 4.98 Å². The number of fused-ring (bicyclic) bond motifs is 1. The molecule has 1 heterocycles. The number of rotatable bonds is 6. The highest BCUT2D eigenvalue weighted by Gasteiger charge is 2.28. The van der Waals surface area contributed by atoms with Crippen LogP contribution in [-0.4, -0.2) is 20.4 Å². The molecule has 6 heteroatoms. The predicted octanol–water partition coefficient (Wildman–Crippen LogP) is 6.24. The molecule has 5 nitrogen and oxygen atoms in total. The van der Waals surface area contributed by atoms with Crippen LogP contribution in [0.15, 0.2) is 108 Å². The average molecular weight is 492 g/mol. The summed E-state index contributed by atoms with van der Waals surface area (Å²) in [4.78, 5) is 34.2. The maximum Gasteiger partial charge on any atom is 0.266 e. The van der Waals surface area contributed by atoms with E-state index >= 15 is 0 Å². The van der Waals surface area contributed by atoms with Gasteiger partial charge in [-0.1, -0.05) is 60.2 Å². The second-order valence-corrected chi connectivity index (χ2v) is 9.06. The molecule has 0 saturated carbocycles. The Bertz CT molecular complexity index is 1610. The van der Waals surface area contributed by atoms with Crippen molar-refractivity contribution in [3.05, 3.63) is 142 Å². The fourth-order valence-corrected chi connectivity index (χ4v) is 4.44. The summed E-state index contributed by atoms with van der Waals surface area (Å²) in [6.07, 6.45) is 0. The minimum absolute atomic E-state index is 0.176. The number of hydrogen-bond donors (Lipinski definition) is 0. The van der Waals surface area contributed by atoms with Crippen LogP contribution in [0.25, 0.3) is 16.6 Å². The first kappa shape index (κ1) is 24.1. The first-order valence-corrected chi connectivity index (χ1v) is 12.1. The monoisotopic (exact) mass is 491 g/mol. The predicted molar refractivity (Wildman–Crippen MR) is 143 cm³/mol. The zero-order chi connectivity index (χ0) is 25.9. The maximum atomic E-state index is 13.9. The van der Waals surface area contributed by atoms with Crippen LogP contribution < -0.4 is 5.56 Å². The SMILES string of the molecule is Cc1ccc(C(=O)N(Cc2ccccc2)C(C)c2nc3ccccc3c(=O)n2-c2ccc(F)cc2)cc1. The third-order valence-corrected chi connectivity index (χ3v) is 6.48. The first-order valence-electron chi connectivity index (χ1n) is 12.1. The molecule has 0 bridgehead atoms. The van der Waals surface area contributed by atoms with Gasteiger partial charge < -0.3 is 4.90 Å². The molecule has 37 heavy (non-hydrogen) atoms. The molecule has 0 N–H and O–H groups in total. The molecule has 0 aliphatic carbocycles. The van der Waals surface area contributed by atoms with Gasteiger partial charge in [-0.25, -0.2) is 9.37 Å². The Morgan fingerprint density at radius 2 is 1.54 bits per heavy atom. The van der Waals surface area contributed by atoms with Crippen LogP contribution in [0.1, 0.15) is 40.3 Å². The van der Waals surface area contributed by atoms with Crippen molar-refractivity contribution in [2.45, 2.75) is 26.4 Å². The summed E-state index contributed by atoms with van der Waals surface area (Å²) in [6, 6.07) is 29.4. The third kappa shape index (κ3) is 4.91. The second-order valence-electron chi connectivity index (χ2n) is 9.06. The van der Waals surface area contributed by atoms with Crippen molar-refractivity contribution in [2.24, 2.45) is 0 Å². The van der Waals surface area contributed by atoms with Crippen LogP contribution in [0.5, 0.6) is 0 Å². The minimum atomic E-state index is -0.587. The first-order chi connectivity index (χ1) is 17.9. The molecule has 184 valence electrons. The highest BCUT2D eigenvalue weighted by molar-refractivity contribution is 5.94. The lowest BCUT2D eigenvalue weighted by molar-refractivity contribution is 0.0664. The van der Waals surface area contributed by atoms with Crippen molar-refractivity contribution in [1.29, 1.82) is 0 Å². The number of carbonyl (C=O) groups excluding carboxylic acids is 1. The summed E-state index contributed by atoms with van der Waals surface area (Å²) < 4.78 is 15.2. The Labute approximate surface area is 214 Å². The summed E-state index contributed by atoms with van der Waals surface area (Å²) in [5.41, 5.74) is 3.29. The maximum absolute atomic E-state index is 13.9. The van der Waals surface area contributed by atoms with Gasteiger partial charge >= 0.3 is 0 Å². The van der Waals surface area contributed by atoms with E-state index in [9.17, 15) is 14.0 Å². The second kappa shape index (κ2) is 10.2. The van der Waals surface area contributed by atoms with Gasteiger partial charge in [0.15, 0.2) is 0 Å². The van der Waals surface area contributed by atoms with Crippen molar-refractivity contribution in [3.63, 3.8) is 0 Å². The van der Waals surface area contributed by atoms with Gasteiger partial charge in [-0.15, -0.1) is 0 Å². The topological polar surface area (TPSA) is 55.2 Å². The van der Waals surface area contributed by atoms with Gasteiger partial charge in [-0.2, -0.15) is 0 Å². The molecule has 0 spiro atoms. The molecule has 1 atom stereocenters. The number of benzene rings is 4. The van der Waals surface area contributed by atoms with Crippen LogP contribution in [0.2, 0.25) is 0 Å². The molecule has 0 fully saturated rings. The lowest BCUT2D eigenvalue weighted by Crippen LogP contribution is -2.37. The lowest BCUT2D eigenvalue weighted by Gasteiger charge is -2.31. The average Bonchev–Trinajstić information content (AvgIpc) is 2.92. The third-order valence-electron chi connectivity index (χ3n) is 6.48. The Kier molecular flexibility index (Phi) is 6.64. The summed E-state index contributed by atoms with van der Waals surface area (Å²) in [5.74, 6) is -0.184. The van der Waals surface area contributed by atoms with Crippen molar-refractivity contribution in [3.8, 4) is 5.69 Å². The Morgan fingerprint density at radius 1 is 0.892 bits per heavy atom. The van der Waals surface area contributed by atoms with E-state index in [2.05, 4.69) is 0 Å². The van der Waals surface area contributed by atoms with Gasteiger partial charge in [0, 0.05) is 12.1 Å². The highest BCUT2D eigenvalue weighted by atomic mass is 19.1. The van der Waals surface area contributed by atoms with Crippen LogP contribution in [-0.2, 0) is 6.54 Å². The number of amides is 1. The Hall–Kier alpha value is -4.58. The summed E-state index contributed by atoms with van der Waals surface area (Å²) in [6.45, 7) is 4.16. The molecular weight excluding hydrogens is 465 g/mol. The quantitative estimate of drug-likeness (QED) is 0.283. The highest BCUT2D eigenvalue weighted by Crippen LogP contribution is 2.26. The zero-order valence-electron chi connectivity index (χ0n) is 20.6. The molecule has 0 aliphatic heterocycles. The number of halogens is 1. The molecule has 0 radical (unpaired) electrons. The zero-order valence-corrected chi connectivity index (χ0v) is 20.6. The van der Waals surface area contributed by atoms with Gasteiger partial charge in [-0.3, -0.25) is 14.2 Å². The minimum Gasteiger partial charge on any atom is -0.324 e. The van der Waals surface area contributed by atoms with Crippen LogP contribution in [0.4, 0.5) is 4.39 Å². The van der Waals surface area contributed by atoms with E-state index in [0.29, 0.717) is 34.5 Å². The largest absolute Gasteiger partial charge is 0.324 e. The van der Waals surface area contributed by atoms with E-state index in [1.807, 2.05) is 74.5 Å². The van der Waals surface area contributed by atoms with Crippen LogP contribution in [0, 0.1) is 12.7 Å². The molecular formula is C31H26FN3O2. The molecule has 1 unspecified atom stereocenters. The molecule has 1 amide bonds. The number of carbonyl (C=O) groups is 1. The normalized spacial score (nSPS) is 11.9. The fraction of sp³-hybridized carbons (Fsp3) is 0.129. The molecule has 0 aliphatic rings. The number of hydrogen-bond acceptors (Lipinski definition) is 3. The van der Waals surface area contributed by atoms with Gasteiger partial charge in [0.1, 0.15) is 11.6 Å². The standard InChI is InChI=1S/C31H26FN3O2/c1-21-12-14-24(15-13-21)30(36)34(20-23-8-4-3-5-9-23)22(2)29-33-28-11-7-6-10-27(28)31(37)35(29)26-18-16-25(32)17-19-26/h3-19,22H,20H2,1-2H3. The lowest BCUT2D eigenvalue weighted by atomic mass is 10.1. The Balaban J connectivity index is 1.69. The molecule has 5 rings (SSSR count). The summed E-state index contributed by atoms with van der Waals surface area (Å²) in [5, 5.41) is 0.447. The molecule has 0 saturated heterocycles. The number of aryl methyl sites for hydroxylation is 1. The van der Waals surface area contributed by atoms with Gasteiger partial charge in [0.05, 0.1) is 22.6 Å². The number of para-hydroxylation sites is 1. The summed E-state index contributed by atoms with van der Waals surface area (Å²) >= 11 is 0. The smallest absolute Gasteiger partial charge is 0.266 e. The molecule has 1 aromatic heterocycles. The number of aromatic nitrogens is 2. The van der Waals surface area contributed by atoms with Gasteiger partial charge in [-0.05, 0) is 67.9 Å². The summed E-state index contributed by atoms with van der Waals surface area (Å²) in [7, 11) is 0. The van der Waals surface area contributed by atoms with E-state index < -0.39 is 11.9 Å². The number of nitrogens with zero attached hydrogens (tertiary/aromatic N) is 3. The van der Waals surface area contributed by atoms with Crippen molar-refractivity contribution in [1.82, 2.24) is 14.5 Å². The molecule has 5 aromatic rings. The van der Waals surface area contributed by atoms with E-state index in [-0.39, 0.29) is 11.5 Å². The van der Waals surface area contributed by atoms with E-state index in [1.54, 1.807) is 35.2 Å². The van der Waals surface area contributed by atoms with Gasteiger partial charge in [0.25, 0.3) is 11.5 Å². The Morgan fingerprint density at radius 3 is 2.24 bits per heavy atom. The van der Waals surface area contributed by atoms with E-state index in [1.165, 1.54) is 16.7 Å².